The average molecular weight is 358 g/mol. The first-order chi connectivity index (χ1) is 12.2. The molecule has 2 heterocycles. The van der Waals surface area contributed by atoms with E-state index in [9.17, 15) is 4.79 Å². The molecule has 0 saturated heterocycles. The average Bonchev–Trinajstić information content (AvgIpc) is 3.31. The Labute approximate surface area is 149 Å². The fourth-order valence-electron chi connectivity index (χ4n) is 2.16. The quantitative estimate of drug-likeness (QED) is 0.623. The molecule has 1 N–H and O–H groups in total. The molecule has 0 aliphatic heterocycles. The molecule has 0 spiro atoms. The van der Waals surface area contributed by atoms with Gasteiger partial charge in [-0.1, -0.05) is 23.9 Å². The van der Waals surface area contributed by atoms with E-state index in [1.54, 1.807) is 19.7 Å². The van der Waals surface area contributed by atoms with Gasteiger partial charge in [-0.3, -0.25) is 4.79 Å². The molecule has 7 nitrogen and oxygen atoms in total. The normalized spacial score (nSPS) is 10.6. The molecule has 1 amide bonds. The lowest BCUT2D eigenvalue weighted by molar-refractivity contribution is -0.118. The predicted octanol–water partition coefficient (Wildman–Crippen LogP) is 2.34. The van der Waals surface area contributed by atoms with Crippen molar-refractivity contribution in [3.63, 3.8) is 0 Å². The molecule has 3 aromatic rings. The maximum Gasteiger partial charge on any atom is 0.230 e. The number of rotatable bonds is 8. The number of amides is 1. The van der Waals surface area contributed by atoms with Crippen molar-refractivity contribution in [1.82, 2.24) is 20.1 Å². The highest BCUT2D eigenvalue weighted by molar-refractivity contribution is 7.99. The van der Waals surface area contributed by atoms with Crippen LogP contribution in [0.15, 0.2) is 58.6 Å². The Balaban J connectivity index is 1.46. The standard InChI is InChI=1S/C17H18N4O3S/c1-23-14-6-4-13(5-7-14)9-18-16(22)11-25-17-20-19-12-21(17)10-15-3-2-8-24-15/h2-8,12H,9-11H2,1H3,(H,18,22). The van der Waals surface area contributed by atoms with Crippen LogP contribution < -0.4 is 10.1 Å². The predicted molar refractivity (Wildman–Crippen MR) is 93.4 cm³/mol. The van der Waals surface area contributed by atoms with Gasteiger partial charge in [-0.15, -0.1) is 10.2 Å². The van der Waals surface area contributed by atoms with Crippen LogP contribution in [0.2, 0.25) is 0 Å². The molecule has 8 heteroatoms. The second kappa shape index (κ2) is 8.39. The number of carbonyl (C=O) groups is 1. The molecule has 0 fully saturated rings. The Hall–Kier alpha value is -2.74. The highest BCUT2D eigenvalue weighted by Crippen LogP contribution is 2.16. The van der Waals surface area contributed by atoms with E-state index in [2.05, 4.69) is 15.5 Å². The number of hydrogen-bond donors (Lipinski definition) is 1. The third kappa shape index (κ3) is 4.87. The van der Waals surface area contributed by atoms with E-state index < -0.39 is 0 Å². The molecule has 0 bridgehead atoms. The minimum atomic E-state index is -0.0617. The molecule has 0 radical (unpaired) electrons. The van der Waals surface area contributed by atoms with Crippen LogP contribution in [-0.4, -0.2) is 33.5 Å². The van der Waals surface area contributed by atoms with Gasteiger partial charge >= 0.3 is 0 Å². The molecule has 3 rings (SSSR count). The molecular formula is C17H18N4O3S. The highest BCUT2D eigenvalue weighted by Gasteiger charge is 2.10. The maximum absolute atomic E-state index is 12.0. The van der Waals surface area contributed by atoms with Crippen LogP contribution >= 0.6 is 11.8 Å². The van der Waals surface area contributed by atoms with Crippen LogP contribution in [0, 0.1) is 0 Å². The number of thioether (sulfide) groups is 1. The molecular weight excluding hydrogens is 340 g/mol. The van der Waals surface area contributed by atoms with Crippen LogP contribution in [0.1, 0.15) is 11.3 Å². The molecule has 0 unspecified atom stereocenters. The summed E-state index contributed by atoms with van der Waals surface area (Å²) in [5, 5.41) is 11.5. The highest BCUT2D eigenvalue weighted by atomic mass is 32.2. The van der Waals surface area contributed by atoms with Gasteiger partial charge in [0.25, 0.3) is 0 Å². The lowest BCUT2D eigenvalue weighted by Gasteiger charge is -2.07. The van der Waals surface area contributed by atoms with Crippen molar-refractivity contribution < 1.29 is 13.9 Å². The van der Waals surface area contributed by atoms with E-state index in [1.807, 2.05) is 41.0 Å². The van der Waals surface area contributed by atoms with Crippen LogP contribution in [0.3, 0.4) is 0 Å². The Morgan fingerprint density at radius 3 is 2.88 bits per heavy atom. The van der Waals surface area contributed by atoms with E-state index >= 15 is 0 Å². The summed E-state index contributed by atoms with van der Waals surface area (Å²) in [6.45, 7) is 1.01. The molecule has 130 valence electrons. The number of methoxy groups -OCH3 is 1. The zero-order valence-electron chi connectivity index (χ0n) is 13.7. The fraction of sp³-hybridized carbons (Fsp3) is 0.235. The van der Waals surface area contributed by atoms with Crippen molar-refractivity contribution >= 4 is 17.7 Å². The van der Waals surface area contributed by atoms with Crippen molar-refractivity contribution in [2.45, 2.75) is 18.2 Å². The Morgan fingerprint density at radius 2 is 2.16 bits per heavy atom. The monoisotopic (exact) mass is 358 g/mol. The van der Waals surface area contributed by atoms with Gasteiger partial charge in [-0.05, 0) is 29.8 Å². The first-order valence-corrected chi connectivity index (χ1v) is 8.66. The first-order valence-electron chi connectivity index (χ1n) is 7.67. The summed E-state index contributed by atoms with van der Waals surface area (Å²) in [4.78, 5) is 12.0. The molecule has 2 aromatic heterocycles. The Morgan fingerprint density at radius 1 is 1.32 bits per heavy atom. The lowest BCUT2D eigenvalue weighted by Crippen LogP contribution is -2.24. The van der Waals surface area contributed by atoms with Crippen LogP contribution in [0.25, 0.3) is 0 Å². The first kappa shape index (κ1) is 17.1. The summed E-state index contributed by atoms with van der Waals surface area (Å²) < 4.78 is 12.3. The van der Waals surface area contributed by atoms with Gasteiger partial charge in [0.15, 0.2) is 5.16 Å². The summed E-state index contributed by atoms with van der Waals surface area (Å²) in [7, 11) is 1.62. The van der Waals surface area contributed by atoms with Gasteiger partial charge in [0.1, 0.15) is 17.8 Å². The molecule has 0 saturated carbocycles. The summed E-state index contributed by atoms with van der Waals surface area (Å²) in [6, 6.07) is 11.3. The van der Waals surface area contributed by atoms with Gasteiger partial charge in [0, 0.05) is 6.54 Å². The van der Waals surface area contributed by atoms with Crippen molar-refractivity contribution in [2.24, 2.45) is 0 Å². The van der Waals surface area contributed by atoms with Gasteiger partial charge in [0.05, 0.1) is 25.7 Å². The second-order valence-electron chi connectivity index (χ2n) is 5.23. The van der Waals surface area contributed by atoms with Crippen LogP contribution in [0.5, 0.6) is 5.75 Å². The number of nitrogens with one attached hydrogen (secondary N) is 1. The van der Waals surface area contributed by atoms with E-state index in [0.29, 0.717) is 18.2 Å². The number of hydrogen-bond acceptors (Lipinski definition) is 6. The molecule has 1 aromatic carbocycles. The van der Waals surface area contributed by atoms with Crippen molar-refractivity contribution in [3.05, 3.63) is 60.3 Å². The molecule has 25 heavy (non-hydrogen) atoms. The van der Waals surface area contributed by atoms with Gasteiger partial charge in [-0.2, -0.15) is 0 Å². The summed E-state index contributed by atoms with van der Waals surface area (Å²) in [6.07, 6.45) is 3.25. The number of nitrogens with zero attached hydrogens (tertiary/aromatic N) is 3. The minimum absolute atomic E-state index is 0.0617. The van der Waals surface area contributed by atoms with E-state index in [-0.39, 0.29) is 11.7 Å². The van der Waals surface area contributed by atoms with Gasteiger partial charge < -0.3 is 19.0 Å². The van der Waals surface area contributed by atoms with Crippen LogP contribution in [0.4, 0.5) is 0 Å². The molecule has 0 aliphatic carbocycles. The van der Waals surface area contributed by atoms with Gasteiger partial charge in [-0.25, -0.2) is 0 Å². The lowest BCUT2D eigenvalue weighted by atomic mass is 10.2. The zero-order chi connectivity index (χ0) is 17.5. The topological polar surface area (TPSA) is 82.2 Å². The molecule has 0 aliphatic rings. The summed E-state index contributed by atoms with van der Waals surface area (Å²) in [5.41, 5.74) is 1.01. The fourth-order valence-corrected chi connectivity index (χ4v) is 2.90. The van der Waals surface area contributed by atoms with Gasteiger partial charge in [0.2, 0.25) is 5.91 Å². The smallest absolute Gasteiger partial charge is 0.230 e. The Kier molecular flexibility index (Phi) is 5.73. The SMILES string of the molecule is COc1ccc(CNC(=O)CSc2nncn2Cc2ccco2)cc1. The van der Waals surface area contributed by atoms with E-state index in [1.165, 1.54) is 11.8 Å². The zero-order valence-corrected chi connectivity index (χ0v) is 14.5. The van der Waals surface area contributed by atoms with Crippen molar-refractivity contribution in [2.75, 3.05) is 12.9 Å². The van der Waals surface area contributed by atoms with Crippen molar-refractivity contribution in [3.8, 4) is 5.75 Å². The molecule has 0 atom stereocenters. The minimum Gasteiger partial charge on any atom is -0.497 e. The number of carbonyl (C=O) groups excluding carboxylic acids is 1. The summed E-state index contributed by atoms with van der Waals surface area (Å²) in [5.74, 6) is 1.81. The third-order valence-corrected chi connectivity index (χ3v) is 4.45. The number of ether oxygens (including phenoxy) is 1. The maximum atomic E-state index is 12.0. The van der Waals surface area contributed by atoms with E-state index in [0.717, 1.165) is 17.1 Å². The second-order valence-corrected chi connectivity index (χ2v) is 6.18. The number of aromatic nitrogens is 3. The number of benzene rings is 1. The number of furan rings is 1. The van der Waals surface area contributed by atoms with E-state index in [4.69, 9.17) is 9.15 Å². The summed E-state index contributed by atoms with van der Waals surface area (Å²) >= 11 is 1.34. The third-order valence-electron chi connectivity index (χ3n) is 3.47. The van der Waals surface area contributed by atoms with Crippen LogP contribution in [-0.2, 0) is 17.9 Å². The Bertz CT molecular complexity index is 800. The largest absolute Gasteiger partial charge is 0.497 e. The van der Waals surface area contributed by atoms with Crippen molar-refractivity contribution in [1.29, 1.82) is 0 Å².